The largest absolute Gasteiger partial charge is 0.353 e. The van der Waals surface area contributed by atoms with Crippen molar-refractivity contribution in [3.8, 4) is 0 Å². The predicted octanol–water partition coefficient (Wildman–Crippen LogP) is 2.11. The van der Waals surface area contributed by atoms with Crippen molar-refractivity contribution in [2.24, 2.45) is 0 Å². The smallest absolute Gasteiger partial charge is 0.251 e. The highest BCUT2D eigenvalue weighted by Gasteiger charge is 2.24. The lowest BCUT2D eigenvalue weighted by atomic mass is 10.2. The van der Waals surface area contributed by atoms with Crippen LogP contribution < -0.4 is 15.1 Å². The molecule has 4 rings (SSSR count). The number of aromatic nitrogens is 2. The number of carbonyl (C=O) groups excluding carboxylic acids is 3. The highest BCUT2D eigenvalue weighted by atomic mass is 16.2. The monoisotopic (exact) mass is 464 g/mol. The Morgan fingerprint density at radius 1 is 1.03 bits per heavy atom. The van der Waals surface area contributed by atoms with Crippen LogP contribution in [0.2, 0.25) is 0 Å². The summed E-state index contributed by atoms with van der Waals surface area (Å²) in [5.41, 5.74) is 2.20. The normalized spacial score (nSPS) is 16.4. The van der Waals surface area contributed by atoms with Crippen molar-refractivity contribution in [3.63, 3.8) is 0 Å². The van der Waals surface area contributed by atoms with Gasteiger partial charge in [0.2, 0.25) is 11.8 Å². The van der Waals surface area contributed by atoms with Crippen LogP contribution in [0.1, 0.15) is 54.5 Å². The molecule has 9 nitrogen and oxygen atoms in total. The Bertz CT molecular complexity index is 1060. The zero-order chi connectivity index (χ0) is 24.2. The first-order chi connectivity index (χ1) is 16.3. The quantitative estimate of drug-likeness (QED) is 0.703. The van der Waals surface area contributed by atoms with E-state index in [2.05, 4.69) is 34.0 Å². The van der Waals surface area contributed by atoms with Crippen LogP contribution in [0.15, 0.2) is 30.3 Å². The van der Waals surface area contributed by atoms with Crippen molar-refractivity contribution in [1.82, 2.24) is 20.2 Å². The van der Waals surface area contributed by atoms with Gasteiger partial charge in [0.15, 0.2) is 0 Å². The predicted molar refractivity (Wildman–Crippen MR) is 130 cm³/mol. The fourth-order valence-electron chi connectivity index (χ4n) is 4.26. The zero-order valence-electron chi connectivity index (χ0n) is 20.1. The number of hydrogen-bond donors (Lipinski definition) is 1. The van der Waals surface area contributed by atoms with Gasteiger partial charge in [-0.2, -0.15) is 0 Å². The van der Waals surface area contributed by atoms with E-state index in [-0.39, 0.29) is 30.2 Å². The third-order valence-corrected chi connectivity index (χ3v) is 6.25. The lowest BCUT2D eigenvalue weighted by Crippen LogP contribution is -2.51. The third-order valence-electron chi connectivity index (χ3n) is 6.25. The molecule has 3 heterocycles. The molecule has 180 valence electrons. The van der Waals surface area contributed by atoms with Gasteiger partial charge in [-0.3, -0.25) is 14.4 Å². The summed E-state index contributed by atoms with van der Waals surface area (Å²) in [7, 11) is 0. The number of nitrogens with zero attached hydrogens (tertiary/aromatic N) is 5. The topological polar surface area (TPSA) is 98.7 Å². The Hall–Kier alpha value is -3.49. The number of anilines is 2. The van der Waals surface area contributed by atoms with Crippen molar-refractivity contribution < 1.29 is 14.4 Å². The number of aryl methyl sites for hydroxylation is 1. The van der Waals surface area contributed by atoms with E-state index in [1.807, 2.05) is 13.0 Å². The van der Waals surface area contributed by atoms with Gasteiger partial charge >= 0.3 is 0 Å². The Morgan fingerprint density at radius 3 is 2.35 bits per heavy atom. The highest BCUT2D eigenvalue weighted by Crippen LogP contribution is 2.22. The number of rotatable bonds is 6. The summed E-state index contributed by atoms with van der Waals surface area (Å²) >= 11 is 0. The molecule has 0 radical (unpaired) electrons. The lowest BCUT2D eigenvalue weighted by molar-refractivity contribution is -0.130. The molecule has 2 aliphatic heterocycles. The van der Waals surface area contributed by atoms with Crippen LogP contribution in [-0.2, 0) is 9.59 Å². The van der Waals surface area contributed by atoms with Crippen LogP contribution in [0.5, 0.6) is 0 Å². The molecule has 34 heavy (non-hydrogen) atoms. The SMILES string of the molecule is Cc1cc(N2CCN(C(=O)CNC(=O)c3ccc(N4CCCC4=O)cc3)CC2)nc(C(C)C)n1. The van der Waals surface area contributed by atoms with Crippen LogP contribution in [0.3, 0.4) is 0 Å². The van der Waals surface area contributed by atoms with E-state index in [1.165, 1.54) is 0 Å². The minimum atomic E-state index is -0.302. The first-order valence-corrected chi connectivity index (χ1v) is 11.9. The second kappa shape index (κ2) is 10.2. The molecule has 0 bridgehead atoms. The molecule has 2 aliphatic rings. The molecule has 0 unspecified atom stereocenters. The first kappa shape index (κ1) is 23.7. The highest BCUT2D eigenvalue weighted by molar-refractivity contribution is 5.98. The second-order valence-electron chi connectivity index (χ2n) is 9.13. The van der Waals surface area contributed by atoms with E-state index < -0.39 is 0 Å². The van der Waals surface area contributed by atoms with Crippen molar-refractivity contribution in [1.29, 1.82) is 0 Å². The Morgan fingerprint density at radius 2 is 1.74 bits per heavy atom. The number of benzene rings is 1. The summed E-state index contributed by atoms with van der Waals surface area (Å²) in [6.45, 7) is 9.31. The number of piperazine rings is 1. The summed E-state index contributed by atoms with van der Waals surface area (Å²) in [4.78, 5) is 51.9. The van der Waals surface area contributed by atoms with Crippen LogP contribution in [-0.4, -0.2) is 71.9 Å². The van der Waals surface area contributed by atoms with Gasteiger partial charge in [0.25, 0.3) is 5.91 Å². The van der Waals surface area contributed by atoms with Gasteiger partial charge in [-0.1, -0.05) is 13.8 Å². The molecule has 3 amide bonds. The summed E-state index contributed by atoms with van der Waals surface area (Å²) in [6, 6.07) is 8.91. The second-order valence-corrected chi connectivity index (χ2v) is 9.13. The van der Waals surface area contributed by atoms with E-state index in [9.17, 15) is 14.4 Å². The number of nitrogens with one attached hydrogen (secondary N) is 1. The van der Waals surface area contributed by atoms with Gasteiger partial charge in [0, 0.05) is 68.1 Å². The molecule has 2 fully saturated rings. The van der Waals surface area contributed by atoms with Crippen LogP contribution in [0.25, 0.3) is 0 Å². The minimum absolute atomic E-state index is 0.0463. The third kappa shape index (κ3) is 5.35. The molecule has 0 saturated carbocycles. The van der Waals surface area contributed by atoms with Crippen LogP contribution in [0, 0.1) is 6.92 Å². The molecule has 0 spiro atoms. The molecular formula is C25H32N6O3. The van der Waals surface area contributed by atoms with E-state index in [4.69, 9.17) is 0 Å². The van der Waals surface area contributed by atoms with Gasteiger partial charge in [-0.25, -0.2) is 9.97 Å². The first-order valence-electron chi connectivity index (χ1n) is 11.9. The number of hydrogen-bond acceptors (Lipinski definition) is 6. The molecular weight excluding hydrogens is 432 g/mol. The van der Waals surface area contributed by atoms with E-state index in [0.717, 1.165) is 29.4 Å². The molecule has 1 N–H and O–H groups in total. The molecule has 0 aliphatic carbocycles. The number of carbonyl (C=O) groups is 3. The fourth-order valence-corrected chi connectivity index (χ4v) is 4.26. The fraction of sp³-hybridized carbons (Fsp3) is 0.480. The Balaban J connectivity index is 1.26. The van der Waals surface area contributed by atoms with Crippen molar-refractivity contribution in [2.45, 2.75) is 39.5 Å². The summed E-state index contributed by atoms with van der Waals surface area (Å²) < 4.78 is 0. The molecule has 1 aromatic heterocycles. The molecule has 0 atom stereocenters. The standard InChI is InChI=1S/C25H32N6O3/c1-17(2)24-27-18(3)15-21(28-24)29-11-13-30(14-12-29)23(33)16-26-25(34)19-6-8-20(9-7-19)31-10-4-5-22(31)32/h6-9,15,17H,4-5,10-14,16H2,1-3H3,(H,26,34). The van der Waals surface area contributed by atoms with Crippen molar-refractivity contribution in [2.75, 3.05) is 49.1 Å². The van der Waals surface area contributed by atoms with Gasteiger partial charge in [-0.15, -0.1) is 0 Å². The van der Waals surface area contributed by atoms with Crippen LogP contribution in [0.4, 0.5) is 11.5 Å². The minimum Gasteiger partial charge on any atom is -0.353 e. The molecule has 9 heteroatoms. The van der Waals surface area contributed by atoms with Gasteiger partial charge in [-0.05, 0) is 37.6 Å². The van der Waals surface area contributed by atoms with Gasteiger partial charge in [0.1, 0.15) is 11.6 Å². The molecule has 1 aromatic carbocycles. The molecule has 2 saturated heterocycles. The van der Waals surface area contributed by atoms with E-state index >= 15 is 0 Å². The average Bonchev–Trinajstić information content (AvgIpc) is 3.27. The summed E-state index contributed by atoms with van der Waals surface area (Å²) in [5.74, 6) is 1.69. The van der Waals surface area contributed by atoms with Crippen LogP contribution >= 0.6 is 0 Å². The lowest BCUT2D eigenvalue weighted by Gasteiger charge is -2.35. The van der Waals surface area contributed by atoms with E-state index in [0.29, 0.717) is 44.7 Å². The average molecular weight is 465 g/mol. The Kier molecular flexibility index (Phi) is 7.09. The summed E-state index contributed by atoms with van der Waals surface area (Å²) in [6.07, 6.45) is 1.42. The van der Waals surface area contributed by atoms with Gasteiger partial charge in [0.05, 0.1) is 6.54 Å². The summed E-state index contributed by atoms with van der Waals surface area (Å²) in [5, 5.41) is 2.72. The van der Waals surface area contributed by atoms with E-state index in [1.54, 1.807) is 34.1 Å². The maximum Gasteiger partial charge on any atom is 0.251 e. The zero-order valence-corrected chi connectivity index (χ0v) is 20.1. The maximum atomic E-state index is 12.7. The van der Waals surface area contributed by atoms with Crippen molar-refractivity contribution >= 4 is 29.2 Å². The van der Waals surface area contributed by atoms with Gasteiger partial charge < -0.3 is 20.0 Å². The number of amides is 3. The molecule has 2 aromatic rings. The van der Waals surface area contributed by atoms with Crippen molar-refractivity contribution in [3.05, 3.63) is 47.4 Å². The Labute approximate surface area is 200 Å². The maximum absolute atomic E-state index is 12.7.